The quantitative estimate of drug-likeness (QED) is 0.824. The van der Waals surface area contributed by atoms with Gasteiger partial charge in [-0.05, 0) is 31.5 Å². The van der Waals surface area contributed by atoms with Gasteiger partial charge in [0.15, 0.2) is 0 Å². The van der Waals surface area contributed by atoms with Crippen molar-refractivity contribution in [2.75, 3.05) is 26.2 Å². The van der Waals surface area contributed by atoms with Crippen molar-refractivity contribution in [3.05, 3.63) is 51.2 Å². The van der Waals surface area contributed by atoms with Crippen LogP contribution in [0.25, 0.3) is 0 Å². The van der Waals surface area contributed by atoms with E-state index in [-0.39, 0.29) is 24.1 Å². The van der Waals surface area contributed by atoms with Gasteiger partial charge in [-0.15, -0.1) is 11.3 Å². The highest BCUT2D eigenvalue weighted by molar-refractivity contribution is 7.11. The number of carbonyl (C=O) groups excluding carboxylic acids is 2. The Morgan fingerprint density at radius 2 is 1.54 bits per heavy atom. The maximum absolute atomic E-state index is 12.9. The summed E-state index contributed by atoms with van der Waals surface area (Å²) in [7, 11) is 0. The number of amides is 2. The van der Waals surface area contributed by atoms with Gasteiger partial charge < -0.3 is 9.80 Å². The molecule has 2 aromatic rings. The molecule has 1 saturated heterocycles. The van der Waals surface area contributed by atoms with Crippen LogP contribution in [0.15, 0.2) is 24.3 Å². The zero-order chi connectivity index (χ0) is 18.7. The van der Waals surface area contributed by atoms with Gasteiger partial charge in [-0.2, -0.15) is 0 Å². The summed E-state index contributed by atoms with van der Waals surface area (Å²) in [5.74, 6) is -0.209. The van der Waals surface area contributed by atoms with E-state index in [1.165, 1.54) is 12.1 Å². The number of hydrogen-bond acceptors (Lipinski definition) is 4. The Bertz CT molecular complexity index is 796. The first-order chi connectivity index (χ1) is 12.4. The highest BCUT2D eigenvalue weighted by Crippen LogP contribution is 2.19. The topological polar surface area (TPSA) is 53.5 Å². The molecule has 7 heteroatoms. The molecule has 3 rings (SSSR count). The highest BCUT2D eigenvalue weighted by atomic mass is 32.1. The van der Waals surface area contributed by atoms with Crippen molar-refractivity contribution in [2.45, 2.75) is 26.7 Å². The lowest BCUT2D eigenvalue weighted by atomic mass is 10.1. The largest absolute Gasteiger partial charge is 0.339 e. The van der Waals surface area contributed by atoms with E-state index < -0.39 is 0 Å². The summed E-state index contributed by atoms with van der Waals surface area (Å²) in [5.41, 5.74) is 1.72. The van der Waals surface area contributed by atoms with Crippen LogP contribution in [0.3, 0.4) is 0 Å². The Morgan fingerprint density at radius 3 is 2.04 bits per heavy atom. The van der Waals surface area contributed by atoms with Gasteiger partial charge in [-0.25, -0.2) is 9.37 Å². The third-order valence-electron chi connectivity index (χ3n) is 4.57. The second-order valence-corrected chi connectivity index (χ2v) is 7.77. The Balaban J connectivity index is 1.50. The molecule has 0 N–H and O–H groups in total. The molecule has 0 bridgehead atoms. The van der Waals surface area contributed by atoms with E-state index in [0.29, 0.717) is 32.6 Å². The molecular formula is C19H22FN3O2S. The number of rotatable bonds is 4. The van der Waals surface area contributed by atoms with Crippen molar-refractivity contribution >= 4 is 23.2 Å². The number of aromatic nitrogens is 1. The van der Waals surface area contributed by atoms with Gasteiger partial charge in [0, 0.05) is 31.1 Å². The van der Waals surface area contributed by atoms with Gasteiger partial charge in [-0.3, -0.25) is 9.59 Å². The van der Waals surface area contributed by atoms with Crippen LogP contribution in [-0.2, 0) is 22.4 Å². The summed E-state index contributed by atoms with van der Waals surface area (Å²) >= 11 is 1.56. The molecule has 2 amide bonds. The molecular weight excluding hydrogens is 353 g/mol. The molecule has 138 valence electrons. The van der Waals surface area contributed by atoms with Gasteiger partial charge in [0.2, 0.25) is 11.8 Å². The van der Waals surface area contributed by atoms with Crippen molar-refractivity contribution in [1.82, 2.24) is 14.8 Å². The van der Waals surface area contributed by atoms with Crippen LogP contribution < -0.4 is 0 Å². The average molecular weight is 375 g/mol. The van der Waals surface area contributed by atoms with Crippen LogP contribution in [0.5, 0.6) is 0 Å². The Morgan fingerprint density at radius 1 is 1.00 bits per heavy atom. The normalized spacial score (nSPS) is 14.6. The molecule has 1 aliphatic rings. The third-order valence-corrected chi connectivity index (χ3v) is 5.64. The van der Waals surface area contributed by atoms with E-state index in [1.807, 2.05) is 18.7 Å². The lowest BCUT2D eigenvalue weighted by Crippen LogP contribution is -2.51. The van der Waals surface area contributed by atoms with Crippen molar-refractivity contribution in [1.29, 1.82) is 0 Å². The van der Waals surface area contributed by atoms with E-state index in [0.717, 1.165) is 21.1 Å². The molecule has 0 spiro atoms. The molecule has 0 radical (unpaired) electrons. The fourth-order valence-electron chi connectivity index (χ4n) is 3.08. The molecule has 0 unspecified atom stereocenters. The molecule has 5 nitrogen and oxygen atoms in total. The van der Waals surface area contributed by atoms with Crippen molar-refractivity contribution in [3.8, 4) is 0 Å². The number of aryl methyl sites for hydroxylation is 2. The first-order valence-electron chi connectivity index (χ1n) is 8.65. The number of piperazine rings is 1. The number of carbonyl (C=O) groups is 2. The van der Waals surface area contributed by atoms with Crippen LogP contribution >= 0.6 is 11.3 Å². The highest BCUT2D eigenvalue weighted by Gasteiger charge is 2.25. The zero-order valence-electron chi connectivity index (χ0n) is 15.0. The molecule has 1 aromatic carbocycles. The summed E-state index contributed by atoms with van der Waals surface area (Å²) in [4.78, 5) is 33.8. The molecule has 1 fully saturated rings. The number of benzene rings is 1. The Labute approximate surface area is 156 Å². The molecule has 1 aromatic heterocycles. The van der Waals surface area contributed by atoms with Gasteiger partial charge >= 0.3 is 0 Å². The van der Waals surface area contributed by atoms with Crippen molar-refractivity contribution in [3.63, 3.8) is 0 Å². The number of nitrogens with zero attached hydrogens (tertiary/aromatic N) is 3. The lowest BCUT2D eigenvalue weighted by molar-refractivity contribution is -0.138. The van der Waals surface area contributed by atoms with Crippen molar-refractivity contribution in [2.24, 2.45) is 0 Å². The minimum atomic E-state index is -0.306. The van der Waals surface area contributed by atoms with E-state index in [2.05, 4.69) is 4.98 Å². The second-order valence-electron chi connectivity index (χ2n) is 6.48. The van der Waals surface area contributed by atoms with E-state index in [9.17, 15) is 14.0 Å². The van der Waals surface area contributed by atoms with Crippen molar-refractivity contribution < 1.29 is 14.0 Å². The average Bonchev–Trinajstić information content (AvgIpc) is 2.94. The van der Waals surface area contributed by atoms with Crippen LogP contribution in [0, 0.1) is 19.7 Å². The van der Waals surface area contributed by atoms with Crippen LogP contribution in [0.4, 0.5) is 4.39 Å². The Kier molecular flexibility index (Phi) is 5.66. The molecule has 1 aliphatic heterocycles. The summed E-state index contributed by atoms with van der Waals surface area (Å²) in [6.07, 6.45) is 0.633. The zero-order valence-corrected chi connectivity index (χ0v) is 15.8. The van der Waals surface area contributed by atoms with Crippen LogP contribution in [0.2, 0.25) is 0 Å². The van der Waals surface area contributed by atoms with Gasteiger partial charge in [0.05, 0.1) is 23.5 Å². The molecule has 0 aliphatic carbocycles. The smallest absolute Gasteiger partial charge is 0.228 e. The number of halogens is 1. The van der Waals surface area contributed by atoms with E-state index >= 15 is 0 Å². The van der Waals surface area contributed by atoms with Crippen LogP contribution in [-0.4, -0.2) is 52.8 Å². The summed E-state index contributed by atoms with van der Waals surface area (Å²) in [6, 6.07) is 5.99. The minimum absolute atomic E-state index is 0.0117. The molecule has 2 heterocycles. The summed E-state index contributed by atoms with van der Waals surface area (Å²) in [5, 5.41) is 0.974. The maximum Gasteiger partial charge on any atom is 0.228 e. The maximum atomic E-state index is 12.9. The second kappa shape index (κ2) is 7.95. The summed E-state index contributed by atoms with van der Waals surface area (Å²) < 4.78 is 12.9. The predicted molar refractivity (Wildman–Crippen MR) is 98.6 cm³/mol. The lowest BCUT2D eigenvalue weighted by Gasteiger charge is -2.35. The first-order valence-corrected chi connectivity index (χ1v) is 9.47. The first kappa shape index (κ1) is 18.5. The predicted octanol–water partition coefficient (Wildman–Crippen LogP) is 2.36. The molecule has 0 atom stereocenters. The minimum Gasteiger partial charge on any atom is -0.339 e. The summed E-state index contributed by atoms with van der Waals surface area (Å²) in [6.45, 7) is 6.03. The molecule has 0 saturated carbocycles. The number of hydrogen-bond donors (Lipinski definition) is 0. The number of thiazole rings is 1. The van der Waals surface area contributed by atoms with Gasteiger partial charge in [-0.1, -0.05) is 12.1 Å². The van der Waals surface area contributed by atoms with E-state index in [1.54, 1.807) is 28.4 Å². The molecule has 26 heavy (non-hydrogen) atoms. The van der Waals surface area contributed by atoms with Crippen LogP contribution in [0.1, 0.15) is 21.1 Å². The van der Waals surface area contributed by atoms with Gasteiger partial charge in [0.25, 0.3) is 0 Å². The fraction of sp³-hybridized carbons (Fsp3) is 0.421. The van der Waals surface area contributed by atoms with E-state index in [4.69, 9.17) is 0 Å². The fourth-order valence-corrected chi connectivity index (χ4v) is 4.01. The Hall–Kier alpha value is -2.28. The monoisotopic (exact) mass is 375 g/mol. The standard InChI is InChI=1S/C19H22FN3O2S/c1-13-17(26-14(2)21-13)12-19(25)23-9-7-22(8-10-23)18(24)11-15-3-5-16(20)6-4-15/h3-6H,7-12H2,1-2H3. The van der Waals surface area contributed by atoms with Gasteiger partial charge in [0.1, 0.15) is 5.82 Å². The SMILES string of the molecule is Cc1nc(C)c(CC(=O)N2CCN(C(=O)Cc3ccc(F)cc3)CC2)s1. The third kappa shape index (κ3) is 4.46.